The zero-order chi connectivity index (χ0) is 21.7. The van der Waals surface area contributed by atoms with Gasteiger partial charge < -0.3 is 5.32 Å². The molecule has 1 fully saturated rings. The molecule has 0 atom stereocenters. The van der Waals surface area contributed by atoms with Gasteiger partial charge in [0, 0.05) is 24.8 Å². The zero-order valence-corrected chi connectivity index (χ0v) is 17.3. The summed E-state index contributed by atoms with van der Waals surface area (Å²) in [5.74, 6) is 0.371. The number of nitrogens with one attached hydrogen (secondary N) is 1. The summed E-state index contributed by atoms with van der Waals surface area (Å²) in [5.41, 5.74) is 1.67. The molecule has 0 saturated heterocycles. The molecule has 0 radical (unpaired) electrons. The van der Waals surface area contributed by atoms with Gasteiger partial charge in [-0.25, -0.2) is 4.79 Å². The van der Waals surface area contributed by atoms with Gasteiger partial charge in [0.05, 0.1) is 11.2 Å². The van der Waals surface area contributed by atoms with Gasteiger partial charge in [0.1, 0.15) is 19.1 Å². The van der Waals surface area contributed by atoms with E-state index in [0.29, 0.717) is 22.4 Å². The van der Waals surface area contributed by atoms with E-state index in [0.717, 1.165) is 24.0 Å². The third-order valence-corrected chi connectivity index (χ3v) is 5.73. The topological polar surface area (TPSA) is 78.0 Å². The van der Waals surface area contributed by atoms with Crippen molar-refractivity contribution in [3.63, 3.8) is 0 Å². The first-order valence-electron chi connectivity index (χ1n) is 10.3. The van der Waals surface area contributed by atoms with Crippen LogP contribution in [0.4, 0.5) is 11.5 Å². The maximum Gasteiger partial charge on any atom is 0.336 e. The van der Waals surface area contributed by atoms with Crippen LogP contribution in [0.1, 0.15) is 18.9 Å². The van der Waals surface area contributed by atoms with Crippen molar-refractivity contribution >= 4 is 35.7 Å². The first-order valence-corrected chi connectivity index (χ1v) is 10.3. The smallest absolute Gasteiger partial charge is 0.336 e. The van der Waals surface area contributed by atoms with Gasteiger partial charge in [-0.15, -0.1) is 0 Å². The van der Waals surface area contributed by atoms with Crippen LogP contribution in [-0.2, 0) is 7.05 Å². The summed E-state index contributed by atoms with van der Waals surface area (Å²) in [6.45, 7) is 0. The highest BCUT2D eigenvalue weighted by Gasteiger charge is 2.30. The molecule has 0 bridgehead atoms. The van der Waals surface area contributed by atoms with Gasteiger partial charge >= 0.3 is 5.69 Å². The van der Waals surface area contributed by atoms with E-state index in [9.17, 15) is 14.4 Å². The molecule has 2 aromatic carbocycles. The van der Waals surface area contributed by atoms with Crippen molar-refractivity contribution in [1.82, 2.24) is 13.7 Å². The minimum Gasteiger partial charge on any atom is -0.341 e. The van der Waals surface area contributed by atoms with E-state index in [4.69, 9.17) is 0 Å². The highest BCUT2D eigenvalue weighted by atomic mass is 16.2. The molecule has 0 unspecified atom stereocenters. The molecule has 4 aromatic rings. The average molecular weight is 412 g/mol. The molecule has 0 aliphatic heterocycles. The highest BCUT2D eigenvalue weighted by molar-refractivity contribution is 6.32. The van der Waals surface area contributed by atoms with Crippen molar-refractivity contribution in [2.24, 2.45) is 7.05 Å². The van der Waals surface area contributed by atoms with Gasteiger partial charge in [0.15, 0.2) is 0 Å². The van der Waals surface area contributed by atoms with Crippen LogP contribution < -0.4 is 27.6 Å². The van der Waals surface area contributed by atoms with Crippen molar-refractivity contribution in [3.8, 4) is 5.69 Å². The van der Waals surface area contributed by atoms with E-state index < -0.39 is 5.69 Å². The Bertz CT molecular complexity index is 1480. The average Bonchev–Trinajstić information content (AvgIpc) is 3.59. The number of anilines is 2. The fourth-order valence-electron chi connectivity index (χ4n) is 3.89. The minimum absolute atomic E-state index is 0.108. The number of rotatable bonds is 4. The maximum absolute atomic E-state index is 13.5. The van der Waals surface area contributed by atoms with E-state index in [2.05, 4.69) is 5.32 Å². The van der Waals surface area contributed by atoms with Crippen molar-refractivity contribution in [3.05, 3.63) is 91.9 Å². The number of aromatic nitrogens is 3. The molecule has 1 saturated carbocycles. The van der Waals surface area contributed by atoms with Crippen molar-refractivity contribution < 1.29 is 0 Å². The number of nitrogens with zero attached hydrogens (tertiary/aromatic N) is 3. The van der Waals surface area contributed by atoms with Gasteiger partial charge in [-0.2, -0.15) is 0 Å². The summed E-state index contributed by atoms with van der Waals surface area (Å²) in [7, 11) is 3.61. The highest BCUT2D eigenvalue weighted by Crippen LogP contribution is 2.33. The second-order valence-electron chi connectivity index (χ2n) is 8.00. The van der Waals surface area contributed by atoms with Gasteiger partial charge in [0.2, 0.25) is 0 Å². The summed E-state index contributed by atoms with van der Waals surface area (Å²) in [6.07, 6.45) is 1.59. The molecule has 8 heteroatoms. The van der Waals surface area contributed by atoms with E-state index in [1.807, 2.05) is 50.3 Å². The Morgan fingerprint density at radius 2 is 1.65 bits per heavy atom. The Kier molecular flexibility index (Phi) is 4.43. The normalized spacial score (nSPS) is 13.5. The van der Waals surface area contributed by atoms with Crippen LogP contribution in [0, 0.1) is 0 Å². The van der Waals surface area contributed by atoms with Gasteiger partial charge in [-0.05, 0) is 37.1 Å². The molecule has 7 nitrogen and oxygen atoms in total. The molecule has 2 heterocycles. The first kappa shape index (κ1) is 19.2. The molecule has 0 spiro atoms. The van der Waals surface area contributed by atoms with Crippen molar-refractivity contribution in [1.29, 1.82) is 0 Å². The predicted octanol–water partition coefficient (Wildman–Crippen LogP) is 1.19. The summed E-state index contributed by atoms with van der Waals surface area (Å²) in [5, 5.41) is 3.56. The number of benzene rings is 2. The summed E-state index contributed by atoms with van der Waals surface area (Å²) < 4.78 is 4.22. The van der Waals surface area contributed by atoms with Crippen molar-refractivity contribution in [2.45, 2.75) is 18.9 Å². The zero-order valence-electron chi connectivity index (χ0n) is 17.3. The van der Waals surface area contributed by atoms with E-state index in [1.54, 1.807) is 19.2 Å². The Morgan fingerprint density at radius 1 is 0.968 bits per heavy atom. The van der Waals surface area contributed by atoms with Gasteiger partial charge in [0.25, 0.3) is 11.1 Å². The Balaban J connectivity index is 1.90. The predicted molar refractivity (Wildman–Crippen MR) is 125 cm³/mol. The molecule has 1 aliphatic carbocycles. The molecule has 2 aromatic heterocycles. The monoisotopic (exact) mass is 412 g/mol. The SMILES string of the molecule is Bc1ccc(Nc2c3c(=O)n(C4CC4)c(=O)n(-c4ccccc4)c3cc(=O)n2C)cc1. The van der Waals surface area contributed by atoms with Crippen LogP contribution in [0.5, 0.6) is 0 Å². The van der Waals surface area contributed by atoms with Gasteiger partial charge in [-0.1, -0.05) is 35.8 Å². The fourth-order valence-corrected chi connectivity index (χ4v) is 3.89. The van der Waals surface area contributed by atoms with Crippen LogP contribution >= 0.6 is 0 Å². The van der Waals surface area contributed by atoms with Gasteiger partial charge in [-0.3, -0.25) is 23.3 Å². The molecule has 0 amide bonds. The third-order valence-electron chi connectivity index (χ3n) is 5.73. The van der Waals surface area contributed by atoms with Crippen LogP contribution in [0.3, 0.4) is 0 Å². The second-order valence-corrected chi connectivity index (χ2v) is 8.00. The lowest BCUT2D eigenvalue weighted by atomic mass is 9.96. The van der Waals surface area contributed by atoms with E-state index >= 15 is 0 Å². The number of fused-ring (bicyclic) bond motifs is 1. The van der Waals surface area contributed by atoms with Crippen molar-refractivity contribution in [2.75, 3.05) is 5.32 Å². The quantitative estimate of drug-likeness (QED) is 0.511. The summed E-state index contributed by atoms with van der Waals surface area (Å²) in [6, 6.07) is 18.1. The Morgan fingerprint density at radius 3 is 2.29 bits per heavy atom. The fraction of sp³-hybridized carbons (Fsp3) is 0.174. The molecular weight excluding hydrogens is 391 g/mol. The Hall–Kier alpha value is -3.81. The minimum atomic E-state index is -0.416. The summed E-state index contributed by atoms with van der Waals surface area (Å²) >= 11 is 0. The molecule has 1 aliphatic rings. The van der Waals surface area contributed by atoms with Crippen LogP contribution in [0.15, 0.2) is 75.0 Å². The largest absolute Gasteiger partial charge is 0.341 e. The maximum atomic E-state index is 13.5. The lowest BCUT2D eigenvalue weighted by Crippen LogP contribution is -2.40. The van der Waals surface area contributed by atoms with Crippen LogP contribution in [0.25, 0.3) is 16.6 Å². The molecular formula is C23H21BN4O3. The molecule has 5 rings (SSSR count). The van der Waals surface area contributed by atoms with E-state index in [1.165, 1.54) is 19.8 Å². The Labute approximate surface area is 178 Å². The third kappa shape index (κ3) is 3.20. The van der Waals surface area contributed by atoms with Crippen LogP contribution in [-0.4, -0.2) is 21.5 Å². The number of hydrogen-bond donors (Lipinski definition) is 1. The van der Waals surface area contributed by atoms with Crippen LogP contribution in [0.2, 0.25) is 0 Å². The standard InChI is InChI=1S/C23H21BN4O3/c1-26-19(29)13-18-20(21(26)25-15-9-7-14(24)8-10-15)22(30)28(17-11-12-17)23(31)27(18)16-5-3-2-4-6-16/h2-10,13,17,25H,11-12,24H2,1H3. The summed E-state index contributed by atoms with van der Waals surface area (Å²) in [4.78, 5) is 39.8. The number of para-hydroxylation sites is 1. The number of pyridine rings is 1. The molecule has 31 heavy (non-hydrogen) atoms. The first-order chi connectivity index (χ1) is 15.0. The second kappa shape index (κ2) is 7.16. The number of hydrogen-bond acceptors (Lipinski definition) is 4. The lowest BCUT2D eigenvalue weighted by molar-refractivity contribution is 0.644. The van der Waals surface area contributed by atoms with E-state index in [-0.39, 0.29) is 17.2 Å². The molecule has 154 valence electrons. The lowest BCUT2D eigenvalue weighted by Gasteiger charge is -2.18. The molecule has 1 N–H and O–H groups in total.